The van der Waals surface area contributed by atoms with Crippen LogP contribution in [-0.4, -0.2) is 31.1 Å². The molecule has 0 unspecified atom stereocenters. The van der Waals surface area contributed by atoms with Gasteiger partial charge in [-0.15, -0.1) is 0 Å². The highest BCUT2D eigenvalue weighted by atomic mass is 19.1. The number of nitrogens with one attached hydrogen (secondary N) is 1. The van der Waals surface area contributed by atoms with Gasteiger partial charge in [0, 0.05) is 13.6 Å². The fourth-order valence-electron chi connectivity index (χ4n) is 1.95. The van der Waals surface area contributed by atoms with E-state index in [1.165, 1.54) is 17.7 Å². The van der Waals surface area contributed by atoms with E-state index in [-0.39, 0.29) is 11.8 Å². The Morgan fingerprint density at radius 1 is 1.13 bits per heavy atom. The Morgan fingerprint density at radius 3 is 2.43 bits per heavy atom. The molecule has 0 saturated carbocycles. The maximum atomic E-state index is 12.8. The lowest BCUT2D eigenvalue weighted by atomic mass is 10.1. The third kappa shape index (κ3) is 5.62. The van der Waals surface area contributed by atoms with Crippen molar-refractivity contribution in [2.75, 3.05) is 20.2 Å². The number of rotatable bonds is 6. The summed E-state index contributed by atoms with van der Waals surface area (Å²) in [5, 5.41) is 2.86. The molecule has 0 aliphatic rings. The number of hydrogen-bond acceptors (Lipinski definition) is 2. The SMILES string of the molecule is Cc1ccc(CNC(=O)N(C)CCOc2ccc(F)cc2)cc1. The van der Waals surface area contributed by atoms with Gasteiger partial charge in [-0.05, 0) is 36.8 Å². The standard InChI is InChI=1S/C18H21FN2O2/c1-14-3-5-15(6-4-14)13-20-18(22)21(2)11-12-23-17-9-7-16(19)8-10-17/h3-10H,11-13H2,1-2H3,(H,20,22). The average molecular weight is 316 g/mol. The van der Waals surface area contributed by atoms with Crippen molar-refractivity contribution in [2.24, 2.45) is 0 Å². The molecule has 122 valence electrons. The lowest BCUT2D eigenvalue weighted by Gasteiger charge is -2.18. The maximum Gasteiger partial charge on any atom is 0.317 e. The van der Waals surface area contributed by atoms with Crippen LogP contribution >= 0.6 is 0 Å². The quantitative estimate of drug-likeness (QED) is 0.888. The van der Waals surface area contributed by atoms with Gasteiger partial charge >= 0.3 is 6.03 Å². The first-order chi connectivity index (χ1) is 11.0. The van der Waals surface area contributed by atoms with Crippen molar-refractivity contribution in [3.05, 3.63) is 65.5 Å². The van der Waals surface area contributed by atoms with Crippen molar-refractivity contribution in [1.29, 1.82) is 0 Å². The Hall–Kier alpha value is -2.56. The predicted molar refractivity (Wildman–Crippen MR) is 87.9 cm³/mol. The second-order valence-corrected chi connectivity index (χ2v) is 5.37. The van der Waals surface area contributed by atoms with Crippen LogP contribution < -0.4 is 10.1 Å². The number of amides is 2. The smallest absolute Gasteiger partial charge is 0.317 e. The minimum absolute atomic E-state index is 0.159. The minimum Gasteiger partial charge on any atom is -0.492 e. The molecule has 2 aromatic rings. The zero-order chi connectivity index (χ0) is 16.7. The molecule has 0 radical (unpaired) electrons. The second kappa shape index (κ2) is 8.17. The number of urea groups is 1. The van der Waals surface area contributed by atoms with Crippen molar-refractivity contribution >= 4 is 6.03 Å². The van der Waals surface area contributed by atoms with Crippen LogP contribution in [0.1, 0.15) is 11.1 Å². The van der Waals surface area contributed by atoms with Gasteiger partial charge in [0.15, 0.2) is 0 Å². The Labute approximate surface area is 135 Å². The van der Waals surface area contributed by atoms with E-state index in [0.29, 0.717) is 25.4 Å². The molecular formula is C18H21FN2O2. The zero-order valence-electron chi connectivity index (χ0n) is 13.4. The topological polar surface area (TPSA) is 41.6 Å². The number of halogens is 1. The Kier molecular flexibility index (Phi) is 5.97. The van der Waals surface area contributed by atoms with Crippen LogP contribution in [0.2, 0.25) is 0 Å². The van der Waals surface area contributed by atoms with E-state index in [1.54, 1.807) is 24.1 Å². The number of benzene rings is 2. The lowest BCUT2D eigenvalue weighted by molar-refractivity contribution is 0.195. The van der Waals surface area contributed by atoms with Gasteiger partial charge in [0.2, 0.25) is 0 Å². The molecule has 0 bridgehead atoms. The molecule has 23 heavy (non-hydrogen) atoms. The van der Waals surface area contributed by atoms with Gasteiger partial charge in [-0.2, -0.15) is 0 Å². The zero-order valence-corrected chi connectivity index (χ0v) is 13.4. The molecule has 0 aliphatic heterocycles. The number of aryl methyl sites for hydroxylation is 1. The number of nitrogens with zero attached hydrogens (tertiary/aromatic N) is 1. The summed E-state index contributed by atoms with van der Waals surface area (Å²) < 4.78 is 18.2. The largest absolute Gasteiger partial charge is 0.492 e. The van der Waals surface area contributed by atoms with Gasteiger partial charge in [-0.1, -0.05) is 29.8 Å². The molecule has 0 atom stereocenters. The fourth-order valence-corrected chi connectivity index (χ4v) is 1.95. The summed E-state index contributed by atoms with van der Waals surface area (Å²) in [6.45, 7) is 3.30. The number of carbonyl (C=O) groups excluding carboxylic acids is 1. The van der Waals surface area contributed by atoms with Gasteiger partial charge in [0.1, 0.15) is 18.2 Å². The average Bonchev–Trinajstić information content (AvgIpc) is 2.55. The van der Waals surface area contributed by atoms with Crippen molar-refractivity contribution in [1.82, 2.24) is 10.2 Å². The number of carbonyl (C=O) groups is 1. The van der Waals surface area contributed by atoms with Crippen LogP contribution in [0.5, 0.6) is 5.75 Å². The van der Waals surface area contributed by atoms with E-state index in [2.05, 4.69) is 5.32 Å². The molecule has 1 N–H and O–H groups in total. The molecule has 4 nitrogen and oxygen atoms in total. The van der Waals surface area contributed by atoms with Crippen molar-refractivity contribution < 1.29 is 13.9 Å². The summed E-state index contributed by atoms with van der Waals surface area (Å²) in [5.41, 5.74) is 2.25. The summed E-state index contributed by atoms with van der Waals surface area (Å²) >= 11 is 0. The van der Waals surface area contributed by atoms with Crippen molar-refractivity contribution in [3.8, 4) is 5.75 Å². The van der Waals surface area contributed by atoms with Gasteiger partial charge in [-0.3, -0.25) is 0 Å². The highest BCUT2D eigenvalue weighted by Crippen LogP contribution is 2.10. The lowest BCUT2D eigenvalue weighted by Crippen LogP contribution is -2.39. The summed E-state index contributed by atoms with van der Waals surface area (Å²) in [5.74, 6) is 0.282. The highest BCUT2D eigenvalue weighted by Gasteiger charge is 2.08. The monoisotopic (exact) mass is 316 g/mol. The van der Waals surface area contributed by atoms with Gasteiger partial charge < -0.3 is 15.0 Å². The third-order valence-electron chi connectivity index (χ3n) is 3.42. The van der Waals surface area contributed by atoms with Crippen LogP contribution in [0.15, 0.2) is 48.5 Å². The first kappa shape index (κ1) is 16.8. The van der Waals surface area contributed by atoms with Crippen molar-refractivity contribution in [2.45, 2.75) is 13.5 Å². The molecule has 0 spiro atoms. The predicted octanol–water partition coefficient (Wildman–Crippen LogP) is 3.35. The van der Waals surface area contributed by atoms with Crippen LogP contribution in [0, 0.1) is 12.7 Å². The molecule has 0 saturated heterocycles. The van der Waals surface area contributed by atoms with Gasteiger partial charge in [0.05, 0.1) is 6.54 Å². The van der Waals surface area contributed by atoms with Crippen LogP contribution in [0.4, 0.5) is 9.18 Å². The first-order valence-electron chi connectivity index (χ1n) is 7.47. The summed E-state index contributed by atoms with van der Waals surface area (Å²) in [7, 11) is 1.71. The van der Waals surface area contributed by atoms with Gasteiger partial charge in [0.25, 0.3) is 0 Å². The summed E-state index contributed by atoms with van der Waals surface area (Å²) in [6.07, 6.45) is 0. The number of hydrogen-bond donors (Lipinski definition) is 1. The Balaban J connectivity index is 1.70. The molecule has 2 rings (SSSR count). The number of ether oxygens (including phenoxy) is 1. The summed E-state index contributed by atoms with van der Waals surface area (Å²) in [6, 6.07) is 13.7. The normalized spacial score (nSPS) is 10.2. The van der Waals surface area contributed by atoms with Crippen LogP contribution in [0.3, 0.4) is 0 Å². The van der Waals surface area contributed by atoms with E-state index in [0.717, 1.165) is 5.56 Å². The highest BCUT2D eigenvalue weighted by molar-refractivity contribution is 5.73. The Morgan fingerprint density at radius 2 is 1.78 bits per heavy atom. The van der Waals surface area contributed by atoms with Gasteiger partial charge in [-0.25, -0.2) is 9.18 Å². The molecular weight excluding hydrogens is 295 g/mol. The van der Waals surface area contributed by atoms with E-state index in [1.807, 2.05) is 31.2 Å². The molecule has 5 heteroatoms. The second-order valence-electron chi connectivity index (χ2n) is 5.37. The number of likely N-dealkylation sites (N-methyl/N-ethyl adjacent to an activating group) is 1. The van der Waals surface area contributed by atoms with E-state index in [9.17, 15) is 9.18 Å². The summed E-state index contributed by atoms with van der Waals surface area (Å²) in [4.78, 5) is 13.5. The van der Waals surface area contributed by atoms with Crippen LogP contribution in [0.25, 0.3) is 0 Å². The van der Waals surface area contributed by atoms with Crippen LogP contribution in [-0.2, 0) is 6.54 Å². The van der Waals surface area contributed by atoms with E-state index < -0.39 is 0 Å². The maximum absolute atomic E-state index is 12.8. The fraction of sp³-hybridized carbons (Fsp3) is 0.278. The molecule has 2 amide bonds. The minimum atomic E-state index is -0.301. The molecule has 0 fully saturated rings. The first-order valence-corrected chi connectivity index (χ1v) is 7.47. The molecule has 0 aromatic heterocycles. The molecule has 0 heterocycles. The van der Waals surface area contributed by atoms with E-state index in [4.69, 9.17) is 4.74 Å². The molecule has 0 aliphatic carbocycles. The third-order valence-corrected chi connectivity index (χ3v) is 3.42. The molecule has 2 aromatic carbocycles. The van der Waals surface area contributed by atoms with Crippen molar-refractivity contribution in [3.63, 3.8) is 0 Å². The van der Waals surface area contributed by atoms with E-state index >= 15 is 0 Å². The Bertz CT molecular complexity index is 626.